The second-order valence-electron chi connectivity index (χ2n) is 4.92. The Morgan fingerprint density at radius 3 is 2.81 bits per heavy atom. The lowest BCUT2D eigenvalue weighted by Crippen LogP contribution is -2.44. The van der Waals surface area contributed by atoms with Crippen LogP contribution in [-0.4, -0.2) is 51.3 Å². The predicted molar refractivity (Wildman–Crippen MR) is 63.5 cm³/mol. The summed E-state index contributed by atoms with van der Waals surface area (Å²) in [6.45, 7) is 4.40. The molecule has 2 fully saturated rings. The van der Waals surface area contributed by atoms with Crippen molar-refractivity contribution in [1.29, 1.82) is 0 Å². The summed E-state index contributed by atoms with van der Waals surface area (Å²) in [7, 11) is -3.29. The molecule has 2 aliphatic heterocycles. The molecule has 0 saturated carbocycles. The van der Waals surface area contributed by atoms with Crippen molar-refractivity contribution >= 4 is 10.0 Å². The summed E-state index contributed by atoms with van der Waals surface area (Å²) in [6.07, 6.45) is 3.10. The number of rotatable bonds is 5. The molecule has 0 amide bonds. The molecule has 6 heteroatoms. The summed E-state index contributed by atoms with van der Waals surface area (Å²) in [5, 5.41) is 8.43. The molecule has 0 radical (unpaired) electrons. The normalized spacial score (nSPS) is 34.2. The Labute approximate surface area is 97.4 Å². The molecule has 0 aromatic carbocycles. The first-order valence-electron chi connectivity index (χ1n) is 6.01. The fourth-order valence-corrected chi connectivity index (χ4v) is 3.33. The molecule has 0 aliphatic carbocycles. The number of piperidine rings is 1. The van der Waals surface area contributed by atoms with E-state index in [1.807, 2.05) is 0 Å². The number of primary sulfonamides is 1. The highest BCUT2D eigenvalue weighted by Crippen LogP contribution is 2.26. The monoisotopic (exact) mass is 247 g/mol. The van der Waals surface area contributed by atoms with E-state index in [0.717, 1.165) is 12.5 Å². The van der Waals surface area contributed by atoms with E-state index in [4.69, 9.17) is 5.14 Å². The number of sulfonamides is 1. The van der Waals surface area contributed by atoms with Crippen LogP contribution in [0.25, 0.3) is 0 Å². The maximum absolute atomic E-state index is 10.8. The topological polar surface area (TPSA) is 75.4 Å². The Kier molecular flexibility index (Phi) is 3.84. The van der Waals surface area contributed by atoms with Crippen LogP contribution in [0.1, 0.15) is 19.3 Å². The van der Waals surface area contributed by atoms with Crippen molar-refractivity contribution in [2.75, 3.05) is 31.9 Å². The van der Waals surface area contributed by atoms with E-state index in [1.54, 1.807) is 0 Å². The third-order valence-electron chi connectivity index (χ3n) is 3.65. The zero-order valence-corrected chi connectivity index (χ0v) is 10.4. The van der Waals surface area contributed by atoms with Crippen molar-refractivity contribution in [3.05, 3.63) is 0 Å². The summed E-state index contributed by atoms with van der Waals surface area (Å²) in [5.74, 6) is 0.854. The van der Waals surface area contributed by atoms with Gasteiger partial charge < -0.3 is 10.2 Å². The number of nitrogens with zero attached hydrogens (tertiary/aromatic N) is 1. The molecule has 16 heavy (non-hydrogen) atoms. The van der Waals surface area contributed by atoms with Gasteiger partial charge in [-0.25, -0.2) is 13.6 Å². The van der Waals surface area contributed by atoms with Gasteiger partial charge >= 0.3 is 0 Å². The molecule has 0 aromatic heterocycles. The number of nitrogens with one attached hydrogen (secondary N) is 1. The first-order chi connectivity index (χ1) is 7.54. The smallest absolute Gasteiger partial charge is 0.209 e. The van der Waals surface area contributed by atoms with Crippen LogP contribution in [-0.2, 0) is 10.0 Å². The Morgan fingerprint density at radius 1 is 1.31 bits per heavy atom. The summed E-state index contributed by atoms with van der Waals surface area (Å²) >= 11 is 0. The van der Waals surface area contributed by atoms with Gasteiger partial charge in [-0.3, -0.25) is 0 Å². The van der Waals surface area contributed by atoms with E-state index in [1.165, 1.54) is 32.5 Å². The summed E-state index contributed by atoms with van der Waals surface area (Å²) in [6, 6.07) is 0.583. The summed E-state index contributed by atoms with van der Waals surface area (Å²) < 4.78 is 21.5. The standard InChI is InChI=1S/C10H21N3O2S/c11-16(14,15)7-1-4-12-10-3-6-13-5-2-9(10)8-13/h9-10,12H,1-8H2,(H2,11,14,15). The van der Waals surface area contributed by atoms with Crippen molar-refractivity contribution in [1.82, 2.24) is 10.2 Å². The summed E-state index contributed by atoms with van der Waals surface area (Å²) in [5.41, 5.74) is 0. The molecule has 2 aliphatic rings. The van der Waals surface area contributed by atoms with Gasteiger partial charge in [-0.2, -0.15) is 0 Å². The molecule has 3 unspecified atom stereocenters. The molecule has 3 N–H and O–H groups in total. The number of hydrogen-bond donors (Lipinski definition) is 2. The Morgan fingerprint density at radius 2 is 2.06 bits per heavy atom. The van der Waals surface area contributed by atoms with E-state index < -0.39 is 10.0 Å². The molecule has 2 saturated heterocycles. The van der Waals surface area contributed by atoms with Crippen molar-refractivity contribution in [3.63, 3.8) is 0 Å². The van der Waals surface area contributed by atoms with Gasteiger partial charge in [0, 0.05) is 12.6 Å². The molecule has 2 rings (SSSR count). The van der Waals surface area contributed by atoms with Gasteiger partial charge in [-0.15, -0.1) is 0 Å². The minimum atomic E-state index is -3.29. The van der Waals surface area contributed by atoms with Crippen LogP contribution in [0.5, 0.6) is 0 Å². The van der Waals surface area contributed by atoms with Gasteiger partial charge in [0.15, 0.2) is 0 Å². The molecule has 0 aromatic rings. The lowest BCUT2D eigenvalue weighted by atomic mass is 9.94. The van der Waals surface area contributed by atoms with Gasteiger partial charge in [0.25, 0.3) is 0 Å². The van der Waals surface area contributed by atoms with Crippen LogP contribution in [0.3, 0.4) is 0 Å². The fraction of sp³-hybridized carbons (Fsp3) is 1.00. The van der Waals surface area contributed by atoms with Gasteiger partial charge in [-0.05, 0) is 44.8 Å². The Bertz CT molecular complexity index is 331. The average Bonchev–Trinajstić information content (AvgIpc) is 2.57. The molecular formula is C10H21N3O2S. The fourth-order valence-electron chi connectivity index (χ4n) is 2.78. The van der Waals surface area contributed by atoms with Gasteiger partial charge in [0.05, 0.1) is 5.75 Å². The van der Waals surface area contributed by atoms with Crippen molar-refractivity contribution in [2.45, 2.75) is 25.3 Å². The molecule has 2 bridgehead atoms. The minimum absolute atomic E-state index is 0.0868. The van der Waals surface area contributed by atoms with E-state index in [9.17, 15) is 8.42 Å². The molecule has 5 nitrogen and oxygen atoms in total. The van der Waals surface area contributed by atoms with Crippen molar-refractivity contribution < 1.29 is 8.42 Å². The lowest BCUT2D eigenvalue weighted by molar-refractivity contribution is 0.222. The van der Waals surface area contributed by atoms with Crippen molar-refractivity contribution in [3.8, 4) is 0 Å². The molecule has 3 atom stereocenters. The average molecular weight is 247 g/mol. The zero-order valence-electron chi connectivity index (χ0n) is 9.56. The third kappa shape index (κ3) is 3.41. The van der Waals surface area contributed by atoms with Gasteiger partial charge in [0.2, 0.25) is 10.0 Å². The maximum atomic E-state index is 10.8. The Hall–Kier alpha value is -0.170. The highest BCUT2D eigenvalue weighted by Gasteiger charge is 2.33. The highest BCUT2D eigenvalue weighted by atomic mass is 32.2. The second kappa shape index (κ2) is 5.00. The van der Waals surface area contributed by atoms with Crippen molar-refractivity contribution in [2.24, 2.45) is 11.1 Å². The zero-order chi connectivity index (χ0) is 11.6. The van der Waals surface area contributed by atoms with Gasteiger partial charge in [-0.1, -0.05) is 0 Å². The van der Waals surface area contributed by atoms with E-state index in [0.29, 0.717) is 12.5 Å². The number of hydrogen-bond acceptors (Lipinski definition) is 4. The highest BCUT2D eigenvalue weighted by molar-refractivity contribution is 7.89. The molecule has 2 heterocycles. The van der Waals surface area contributed by atoms with Crippen LogP contribution >= 0.6 is 0 Å². The third-order valence-corrected chi connectivity index (χ3v) is 4.50. The van der Waals surface area contributed by atoms with E-state index >= 15 is 0 Å². The minimum Gasteiger partial charge on any atom is -0.314 e. The molecular weight excluding hydrogens is 226 g/mol. The van der Waals surface area contributed by atoms with Crippen LogP contribution in [0.2, 0.25) is 0 Å². The number of fused-ring (bicyclic) bond motifs is 2. The predicted octanol–water partition coefficient (Wildman–Crippen LogP) is -0.651. The second-order valence-corrected chi connectivity index (χ2v) is 6.65. The SMILES string of the molecule is NS(=O)(=O)CCCNC1CCN2CCC1C2. The van der Waals surface area contributed by atoms with E-state index in [-0.39, 0.29) is 5.75 Å². The lowest BCUT2D eigenvalue weighted by Gasteiger charge is -2.31. The van der Waals surface area contributed by atoms with Crippen LogP contribution in [0, 0.1) is 5.92 Å². The first-order valence-corrected chi connectivity index (χ1v) is 7.72. The van der Waals surface area contributed by atoms with Crippen LogP contribution in [0.4, 0.5) is 0 Å². The van der Waals surface area contributed by atoms with Crippen LogP contribution < -0.4 is 10.5 Å². The van der Waals surface area contributed by atoms with Gasteiger partial charge in [0.1, 0.15) is 0 Å². The quantitative estimate of drug-likeness (QED) is 0.633. The molecule has 0 spiro atoms. The number of nitrogens with two attached hydrogens (primary N) is 1. The molecule has 94 valence electrons. The first kappa shape index (κ1) is 12.3. The largest absolute Gasteiger partial charge is 0.314 e. The van der Waals surface area contributed by atoms with E-state index in [2.05, 4.69) is 10.2 Å². The maximum Gasteiger partial charge on any atom is 0.209 e. The Balaban J connectivity index is 1.66. The summed E-state index contributed by atoms with van der Waals surface area (Å²) in [4.78, 5) is 2.51. The van der Waals surface area contributed by atoms with Crippen LogP contribution in [0.15, 0.2) is 0 Å².